The number of benzene rings is 1. The van der Waals surface area contributed by atoms with Crippen LogP contribution in [-0.4, -0.2) is 30.6 Å². The topological polar surface area (TPSA) is 15.3 Å². The smallest absolute Gasteiger partial charge is 0.384 e. The highest BCUT2D eigenvalue weighted by molar-refractivity contribution is 5.52. The molecule has 2 bridgehead atoms. The van der Waals surface area contributed by atoms with Crippen molar-refractivity contribution in [3.05, 3.63) is 29.8 Å². The minimum absolute atomic E-state index is 0.205. The van der Waals surface area contributed by atoms with Gasteiger partial charge in [0.1, 0.15) is 0 Å². The zero-order valence-corrected chi connectivity index (χ0v) is 12.2. The number of fused-ring (bicyclic) bond motifs is 2. The molecule has 116 valence electrons. The monoisotopic (exact) mass is 298 g/mol. The molecular weight excluding hydrogens is 277 g/mol. The third kappa shape index (κ3) is 3.03. The van der Waals surface area contributed by atoms with Crippen molar-refractivity contribution in [1.29, 1.82) is 0 Å². The Morgan fingerprint density at radius 3 is 2.38 bits per heavy atom. The van der Waals surface area contributed by atoms with Crippen molar-refractivity contribution in [1.82, 2.24) is 4.90 Å². The van der Waals surface area contributed by atoms with Crippen LogP contribution < -0.4 is 5.32 Å². The molecule has 0 saturated carbocycles. The van der Waals surface area contributed by atoms with Crippen molar-refractivity contribution < 1.29 is 13.2 Å². The minimum atomic E-state index is -4.30. The molecule has 0 spiro atoms. The van der Waals surface area contributed by atoms with Gasteiger partial charge in [0.15, 0.2) is 0 Å². The second-order valence-electron chi connectivity index (χ2n) is 6.31. The predicted molar refractivity (Wildman–Crippen MR) is 77.2 cm³/mol. The number of nitrogens with one attached hydrogen (secondary N) is 1. The van der Waals surface area contributed by atoms with Crippen molar-refractivity contribution in [2.45, 2.75) is 43.9 Å². The van der Waals surface area contributed by atoms with E-state index in [1.807, 2.05) is 0 Å². The van der Waals surface area contributed by atoms with Crippen LogP contribution in [0.1, 0.15) is 31.2 Å². The Kier molecular flexibility index (Phi) is 3.86. The van der Waals surface area contributed by atoms with Gasteiger partial charge in [-0.15, -0.1) is 0 Å². The molecule has 21 heavy (non-hydrogen) atoms. The van der Waals surface area contributed by atoms with Crippen LogP contribution in [0, 0.1) is 5.92 Å². The van der Waals surface area contributed by atoms with Crippen LogP contribution in [0.15, 0.2) is 24.3 Å². The fraction of sp³-hybridized carbons (Fsp3) is 0.625. The lowest BCUT2D eigenvalue weighted by molar-refractivity contribution is -0.137. The highest BCUT2D eigenvalue weighted by Gasteiger charge is 2.38. The van der Waals surface area contributed by atoms with Gasteiger partial charge in [0.25, 0.3) is 0 Å². The summed E-state index contributed by atoms with van der Waals surface area (Å²) in [7, 11) is 2.17. The lowest BCUT2D eigenvalue weighted by Crippen LogP contribution is -2.41. The molecule has 1 N–H and O–H groups in total. The first kappa shape index (κ1) is 14.7. The van der Waals surface area contributed by atoms with Gasteiger partial charge in [0.2, 0.25) is 0 Å². The quantitative estimate of drug-likeness (QED) is 0.907. The second kappa shape index (κ2) is 5.52. The van der Waals surface area contributed by atoms with Gasteiger partial charge >= 0.3 is 6.18 Å². The van der Waals surface area contributed by atoms with Crippen LogP contribution in [0.25, 0.3) is 0 Å². The molecule has 0 aromatic heterocycles. The highest BCUT2D eigenvalue weighted by Crippen LogP contribution is 2.38. The zero-order chi connectivity index (χ0) is 15.0. The summed E-state index contributed by atoms with van der Waals surface area (Å²) in [5, 5.41) is 3.03. The molecule has 2 unspecified atom stereocenters. The number of para-hydroxylation sites is 1. The Labute approximate surface area is 123 Å². The second-order valence-corrected chi connectivity index (χ2v) is 6.31. The van der Waals surface area contributed by atoms with Gasteiger partial charge in [-0.05, 0) is 50.8 Å². The van der Waals surface area contributed by atoms with Crippen molar-refractivity contribution in [2.24, 2.45) is 5.92 Å². The Balaban J connectivity index is 1.64. The van der Waals surface area contributed by atoms with Gasteiger partial charge in [0.05, 0.1) is 5.56 Å². The van der Waals surface area contributed by atoms with Crippen LogP contribution in [0.4, 0.5) is 18.9 Å². The molecule has 2 atom stereocenters. The normalized spacial score (nSPS) is 29.6. The fourth-order valence-corrected chi connectivity index (χ4v) is 3.83. The standard InChI is InChI=1S/C16H21F3N2/c1-21-12-6-7-13(21)9-11(8-12)10-20-15-5-3-2-4-14(15)16(17,18)19/h2-5,11-13,20H,6-10H2,1H3. The molecule has 1 aromatic rings. The van der Waals surface area contributed by atoms with Crippen molar-refractivity contribution in [2.75, 3.05) is 18.9 Å². The van der Waals surface area contributed by atoms with Crippen molar-refractivity contribution >= 4 is 5.69 Å². The van der Waals surface area contributed by atoms with E-state index in [1.54, 1.807) is 6.07 Å². The van der Waals surface area contributed by atoms with Crippen molar-refractivity contribution in [3.8, 4) is 0 Å². The number of anilines is 1. The lowest BCUT2D eigenvalue weighted by atomic mass is 9.91. The molecule has 5 heteroatoms. The molecule has 2 heterocycles. The maximum atomic E-state index is 13.0. The van der Waals surface area contributed by atoms with Crippen molar-refractivity contribution in [3.63, 3.8) is 0 Å². The Hall–Kier alpha value is -1.23. The summed E-state index contributed by atoms with van der Waals surface area (Å²) < 4.78 is 38.9. The molecule has 2 nitrogen and oxygen atoms in total. The summed E-state index contributed by atoms with van der Waals surface area (Å²) in [6.07, 6.45) is 0.353. The number of piperidine rings is 1. The van der Waals surface area contributed by atoms with Gasteiger partial charge in [0, 0.05) is 24.3 Å². The lowest BCUT2D eigenvalue weighted by Gasteiger charge is -2.36. The predicted octanol–water partition coefficient (Wildman–Crippen LogP) is 3.99. The average molecular weight is 298 g/mol. The molecular formula is C16H21F3N2. The number of halogens is 3. The van der Waals surface area contributed by atoms with E-state index in [1.165, 1.54) is 25.0 Å². The fourth-order valence-electron chi connectivity index (χ4n) is 3.83. The molecule has 0 aliphatic carbocycles. The third-order valence-electron chi connectivity index (χ3n) is 5.01. The summed E-state index contributed by atoms with van der Waals surface area (Å²) in [4.78, 5) is 2.44. The largest absolute Gasteiger partial charge is 0.418 e. The first-order valence-corrected chi connectivity index (χ1v) is 7.57. The van der Waals surface area contributed by atoms with E-state index in [9.17, 15) is 13.2 Å². The van der Waals surface area contributed by atoms with Gasteiger partial charge in [-0.25, -0.2) is 0 Å². The maximum absolute atomic E-state index is 13.0. The summed E-state index contributed by atoms with van der Waals surface area (Å²) in [6, 6.07) is 6.98. The van der Waals surface area contributed by atoms with Gasteiger partial charge in [-0.3, -0.25) is 0 Å². The van der Waals surface area contributed by atoms with E-state index >= 15 is 0 Å². The number of hydrogen-bond donors (Lipinski definition) is 1. The summed E-state index contributed by atoms with van der Waals surface area (Å²) in [5.41, 5.74) is -0.364. The number of nitrogens with zero attached hydrogens (tertiary/aromatic N) is 1. The third-order valence-corrected chi connectivity index (χ3v) is 5.01. The van der Waals surface area contributed by atoms with E-state index in [0.29, 0.717) is 24.5 Å². The molecule has 2 aliphatic rings. The summed E-state index contributed by atoms with van der Waals surface area (Å²) in [6.45, 7) is 0.633. The average Bonchev–Trinajstić information content (AvgIpc) is 2.66. The molecule has 2 fully saturated rings. The van der Waals surface area contributed by atoms with Gasteiger partial charge < -0.3 is 10.2 Å². The SMILES string of the molecule is CN1C2CCC1CC(CNc1ccccc1C(F)(F)F)C2. The number of alkyl halides is 3. The first-order valence-electron chi connectivity index (χ1n) is 7.57. The molecule has 1 aromatic carbocycles. The van der Waals surface area contributed by atoms with Crippen LogP contribution in [-0.2, 0) is 6.18 Å². The summed E-state index contributed by atoms with van der Waals surface area (Å²) >= 11 is 0. The molecule has 0 amide bonds. The Morgan fingerprint density at radius 1 is 1.14 bits per heavy atom. The van der Waals surface area contributed by atoms with Gasteiger partial charge in [-0.2, -0.15) is 13.2 Å². The van der Waals surface area contributed by atoms with Crippen LogP contribution in [0.2, 0.25) is 0 Å². The van der Waals surface area contributed by atoms with Crippen LogP contribution in [0.3, 0.4) is 0 Å². The summed E-state index contributed by atoms with van der Waals surface area (Å²) in [5.74, 6) is 0.472. The highest BCUT2D eigenvalue weighted by atomic mass is 19.4. The van der Waals surface area contributed by atoms with E-state index in [4.69, 9.17) is 0 Å². The maximum Gasteiger partial charge on any atom is 0.418 e. The van der Waals surface area contributed by atoms with E-state index < -0.39 is 11.7 Å². The van der Waals surface area contributed by atoms with Crippen LogP contribution in [0.5, 0.6) is 0 Å². The Bertz CT molecular complexity index is 487. The van der Waals surface area contributed by atoms with E-state index in [0.717, 1.165) is 18.9 Å². The Morgan fingerprint density at radius 2 is 1.76 bits per heavy atom. The molecule has 2 aliphatic heterocycles. The molecule has 3 rings (SSSR count). The van der Waals surface area contributed by atoms with E-state index in [2.05, 4.69) is 17.3 Å². The number of hydrogen-bond acceptors (Lipinski definition) is 2. The van der Waals surface area contributed by atoms with Gasteiger partial charge in [-0.1, -0.05) is 12.1 Å². The zero-order valence-electron chi connectivity index (χ0n) is 12.2. The first-order chi connectivity index (χ1) is 9.95. The van der Waals surface area contributed by atoms with Crippen LogP contribution >= 0.6 is 0 Å². The van der Waals surface area contributed by atoms with E-state index in [-0.39, 0.29) is 5.69 Å². The molecule has 0 radical (unpaired) electrons. The minimum Gasteiger partial charge on any atom is -0.384 e. The number of rotatable bonds is 3. The molecule has 2 saturated heterocycles.